The zero-order chi connectivity index (χ0) is 8.32. The van der Waals surface area contributed by atoms with Gasteiger partial charge in [0.15, 0.2) is 0 Å². The van der Waals surface area contributed by atoms with Crippen LogP contribution in [0.5, 0.6) is 0 Å². The Kier molecular flexibility index (Phi) is 2.22. The summed E-state index contributed by atoms with van der Waals surface area (Å²) in [5.74, 6) is 0. The fraction of sp³-hybridized carbons (Fsp3) is 0.500. The number of hydrogen-bond acceptors (Lipinski definition) is 3. The van der Waals surface area contributed by atoms with Crippen molar-refractivity contribution in [2.75, 3.05) is 6.26 Å². The van der Waals surface area contributed by atoms with Gasteiger partial charge in [0, 0.05) is 4.75 Å². The number of thioether (sulfide) groups is 1. The molecular formula is C8H8N2S. The molecule has 0 atom stereocenters. The van der Waals surface area contributed by atoms with Crippen molar-refractivity contribution < 1.29 is 0 Å². The van der Waals surface area contributed by atoms with E-state index in [1.165, 1.54) is 0 Å². The van der Waals surface area contributed by atoms with E-state index in [1.54, 1.807) is 17.8 Å². The molecule has 0 heterocycles. The molecule has 1 saturated carbocycles. The molecule has 0 aromatic rings. The van der Waals surface area contributed by atoms with E-state index in [9.17, 15) is 0 Å². The van der Waals surface area contributed by atoms with Crippen LogP contribution < -0.4 is 0 Å². The molecule has 1 aliphatic rings. The van der Waals surface area contributed by atoms with Gasteiger partial charge < -0.3 is 0 Å². The molecule has 0 spiro atoms. The van der Waals surface area contributed by atoms with E-state index in [-0.39, 0.29) is 10.3 Å². The van der Waals surface area contributed by atoms with Crippen LogP contribution >= 0.6 is 11.8 Å². The lowest BCUT2D eigenvalue weighted by Crippen LogP contribution is -1.96. The molecule has 0 aliphatic heterocycles. The number of nitriles is 2. The van der Waals surface area contributed by atoms with Crippen molar-refractivity contribution in [2.45, 2.75) is 17.6 Å². The summed E-state index contributed by atoms with van der Waals surface area (Å²) in [7, 11) is 0. The molecule has 3 heteroatoms. The Hall–Kier alpha value is -0.930. The molecule has 0 aromatic heterocycles. The minimum atomic E-state index is 0.126. The van der Waals surface area contributed by atoms with E-state index < -0.39 is 0 Å². The lowest BCUT2D eigenvalue weighted by atomic mass is 10.2. The fourth-order valence-corrected chi connectivity index (χ4v) is 1.63. The SMILES string of the molecule is CSC1(C=C(C#N)C#N)CC1. The van der Waals surface area contributed by atoms with E-state index in [0.29, 0.717) is 0 Å². The van der Waals surface area contributed by atoms with Gasteiger partial charge >= 0.3 is 0 Å². The fourth-order valence-electron chi connectivity index (χ4n) is 0.883. The van der Waals surface area contributed by atoms with Gasteiger partial charge in [-0.15, -0.1) is 0 Å². The Morgan fingerprint density at radius 3 is 2.27 bits per heavy atom. The number of hydrogen-bond donors (Lipinski definition) is 0. The van der Waals surface area contributed by atoms with Gasteiger partial charge in [-0.3, -0.25) is 0 Å². The first-order valence-electron chi connectivity index (χ1n) is 3.34. The van der Waals surface area contributed by atoms with Crippen LogP contribution in [0.4, 0.5) is 0 Å². The summed E-state index contributed by atoms with van der Waals surface area (Å²) in [6.45, 7) is 0. The van der Waals surface area contributed by atoms with Crippen LogP contribution in [0.15, 0.2) is 11.6 Å². The van der Waals surface area contributed by atoms with Crippen LogP contribution in [0, 0.1) is 22.7 Å². The minimum absolute atomic E-state index is 0.126. The Morgan fingerprint density at radius 1 is 1.45 bits per heavy atom. The van der Waals surface area contributed by atoms with Gasteiger partial charge in [-0.05, 0) is 25.2 Å². The average Bonchev–Trinajstić information content (AvgIpc) is 2.81. The molecule has 56 valence electrons. The van der Waals surface area contributed by atoms with Crippen LogP contribution in [0.25, 0.3) is 0 Å². The van der Waals surface area contributed by atoms with Gasteiger partial charge in [0.05, 0.1) is 0 Å². The second-order valence-corrected chi connectivity index (χ2v) is 3.77. The van der Waals surface area contributed by atoms with Crippen LogP contribution in [0.1, 0.15) is 12.8 Å². The highest BCUT2D eigenvalue weighted by molar-refractivity contribution is 8.00. The summed E-state index contributed by atoms with van der Waals surface area (Å²) < 4.78 is 0.126. The standard InChI is InChI=1S/C8H8N2S/c1-11-8(2-3-8)4-7(5-9)6-10/h4H,2-3H2,1H3. The molecular weight excluding hydrogens is 156 g/mol. The second kappa shape index (κ2) is 2.98. The molecule has 0 unspecified atom stereocenters. The third-order valence-electron chi connectivity index (χ3n) is 1.80. The van der Waals surface area contributed by atoms with Crippen molar-refractivity contribution in [3.05, 3.63) is 11.6 Å². The van der Waals surface area contributed by atoms with Crippen LogP contribution in [0.2, 0.25) is 0 Å². The highest BCUT2D eigenvalue weighted by Crippen LogP contribution is 2.48. The maximum absolute atomic E-state index is 8.46. The third-order valence-corrected chi connectivity index (χ3v) is 3.14. The van der Waals surface area contributed by atoms with Crippen molar-refractivity contribution in [1.29, 1.82) is 10.5 Å². The topological polar surface area (TPSA) is 47.6 Å². The van der Waals surface area contributed by atoms with Crippen LogP contribution in [-0.2, 0) is 0 Å². The normalized spacial score (nSPS) is 17.7. The van der Waals surface area contributed by atoms with Crippen molar-refractivity contribution in [3.8, 4) is 12.1 Å². The summed E-state index contributed by atoms with van der Waals surface area (Å²) in [4.78, 5) is 0. The predicted molar refractivity (Wildman–Crippen MR) is 44.8 cm³/mol. The van der Waals surface area contributed by atoms with Crippen LogP contribution in [0.3, 0.4) is 0 Å². The molecule has 1 fully saturated rings. The lowest BCUT2D eigenvalue weighted by molar-refractivity contribution is 1.19. The van der Waals surface area contributed by atoms with Crippen molar-refractivity contribution >= 4 is 11.8 Å². The third kappa shape index (κ3) is 1.76. The summed E-state index contributed by atoms with van der Waals surface area (Å²) in [6.07, 6.45) is 6.00. The highest BCUT2D eigenvalue weighted by atomic mass is 32.2. The maximum atomic E-state index is 8.46. The van der Waals surface area contributed by atoms with E-state index >= 15 is 0 Å². The van der Waals surface area contributed by atoms with E-state index in [4.69, 9.17) is 10.5 Å². The lowest BCUT2D eigenvalue weighted by Gasteiger charge is -2.02. The molecule has 0 aromatic carbocycles. The molecule has 0 radical (unpaired) electrons. The molecule has 1 rings (SSSR count). The van der Waals surface area contributed by atoms with E-state index in [2.05, 4.69) is 0 Å². The monoisotopic (exact) mass is 164 g/mol. The Balaban J connectivity index is 2.73. The molecule has 0 amide bonds. The first-order valence-corrected chi connectivity index (χ1v) is 4.57. The van der Waals surface area contributed by atoms with Crippen LogP contribution in [-0.4, -0.2) is 11.0 Å². The minimum Gasteiger partial charge on any atom is -0.192 e. The van der Waals surface area contributed by atoms with E-state index in [0.717, 1.165) is 12.8 Å². The molecule has 11 heavy (non-hydrogen) atoms. The Labute approximate surface area is 70.5 Å². The van der Waals surface area contributed by atoms with Gasteiger partial charge in [0.1, 0.15) is 17.7 Å². The van der Waals surface area contributed by atoms with Gasteiger partial charge in [0.25, 0.3) is 0 Å². The second-order valence-electron chi connectivity index (χ2n) is 2.55. The number of allylic oxidation sites excluding steroid dienone is 1. The van der Waals surface area contributed by atoms with Gasteiger partial charge in [0.2, 0.25) is 0 Å². The van der Waals surface area contributed by atoms with Gasteiger partial charge in [-0.25, -0.2) is 0 Å². The summed E-state index contributed by atoms with van der Waals surface area (Å²) in [6, 6.07) is 3.74. The van der Waals surface area contributed by atoms with Gasteiger partial charge in [-0.2, -0.15) is 22.3 Å². The zero-order valence-corrected chi connectivity index (χ0v) is 7.11. The van der Waals surface area contributed by atoms with Crippen molar-refractivity contribution in [2.24, 2.45) is 0 Å². The van der Waals surface area contributed by atoms with Crippen molar-refractivity contribution in [1.82, 2.24) is 0 Å². The van der Waals surface area contributed by atoms with E-state index in [1.807, 2.05) is 18.4 Å². The smallest absolute Gasteiger partial charge is 0.127 e. The average molecular weight is 164 g/mol. The molecule has 2 nitrogen and oxygen atoms in total. The Morgan fingerprint density at radius 2 is 2.00 bits per heavy atom. The first kappa shape index (κ1) is 8.17. The molecule has 0 bridgehead atoms. The number of rotatable bonds is 2. The zero-order valence-electron chi connectivity index (χ0n) is 6.29. The largest absolute Gasteiger partial charge is 0.192 e. The molecule has 1 aliphatic carbocycles. The highest BCUT2D eigenvalue weighted by Gasteiger charge is 2.40. The number of nitrogens with zero attached hydrogens (tertiary/aromatic N) is 2. The molecule has 0 saturated heterocycles. The maximum Gasteiger partial charge on any atom is 0.127 e. The van der Waals surface area contributed by atoms with Gasteiger partial charge in [-0.1, -0.05) is 0 Å². The summed E-state index contributed by atoms with van der Waals surface area (Å²) in [5.41, 5.74) is 0.247. The quantitative estimate of drug-likeness (QED) is 0.585. The van der Waals surface area contributed by atoms with Crippen molar-refractivity contribution in [3.63, 3.8) is 0 Å². The first-order chi connectivity index (χ1) is 5.26. The summed E-state index contributed by atoms with van der Waals surface area (Å²) >= 11 is 1.72. The predicted octanol–water partition coefficient (Wildman–Crippen LogP) is 1.86. The summed E-state index contributed by atoms with van der Waals surface area (Å²) in [5, 5.41) is 16.9. The molecule has 0 N–H and O–H groups in total. The Bertz CT molecular complexity index is 247.